The second kappa shape index (κ2) is 3.17. The molecule has 0 saturated heterocycles. The van der Waals surface area contributed by atoms with Gasteiger partial charge in [-0.15, -0.1) is 0 Å². The predicted octanol–water partition coefficient (Wildman–Crippen LogP) is 1.69. The van der Waals surface area contributed by atoms with E-state index in [1.54, 1.807) is 19.2 Å². The fourth-order valence-corrected chi connectivity index (χ4v) is 1.23. The number of nitrogens with zero attached hydrogens (tertiary/aromatic N) is 1. The highest BCUT2D eigenvalue weighted by atomic mass is 127. The van der Waals surface area contributed by atoms with Gasteiger partial charge in [0.15, 0.2) is 0 Å². The molecule has 0 radical (unpaired) electrons. The van der Waals surface area contributed by atoms with Crippen molar-refractivity contribution in [2.24, 2.45) is 0 Å². The van der Waals surface area contributed by atoms with Crippen LogP contribution in [0.15, 0.2) is 12.3 Å². The fraction of sp³-hybridized carbons (Fsp3) is 0.143. The molecule has 1 aromatic rings. The standard InChI is InChI=1S/C7H6INO2/c1-4-2-5(7(10)11)6(8)3-9-4/h2-3H,1H3,(H,10,11). The molecule has 58 valence electrons. The fourth-order valence-electron chi connectivity index (χ4n) is 0.707. The first-order chi connectivity index (χ1) is 5.11. The summed E-state index contributed by atoms with van der Waals surface area (Å²) in [6.07, 6.45) is 1.55. The van der Waals surface area contributed by atoms with E-state index in [0.717, 1.165) is 5.69 Å². The van der Waals surface area contributed by atoms with Crippen molar-refractivity contribution in [2.45, 2.75) is 6.92 Å². The Hall–Kier alpha value is -0.650. The van der Waals surface area contributed by atoms with Crippen molar-refractivity contribution in [3.05, 3.63) is 27.1 Å². The third-order valence-electron chi connectivity index (χ3n) is 1.22. The number of carboxylic acids is 1. The molecule has 0 atom stereocenters. The van der Waals surface area contributed by atoms with Crippen molar-refractivity contribution >= 4 is 28.6 Å². The van der Waals surface area contributed by atoms with Crippen molar-refractivity contribution < 1.29 is 9.90 Å². The molecule has 1 aromatic heterocycles. The normalized spacial score (nSPS) is 9.64. The van der Waals surface area contributed by atoms with E-state index in [0.29, 0.717) is 9.13 Å². The first-order valence-corrected chi connectivity index (χ1v) is 4.04. The second-order valence-corrected chi connectivity index (χ2v) is 3.27. The number of hydrogen-bond acceptors (Lipinski definition) is 2. The smallest absolute Gasteiger partial charge is 0.336 e. The molecule has 0 aliphatic heterocycles. The summed E-state index contributed by atoms with van der Waals surface area (Å²) in [5.41, 5.74) is 1.04. The Morgan fingerprint density at radius 1 is 1.73 bits per heavy atom. The van der Waals surface area contributed by atoms with Crippen LogP contribution in [-0.4, -0.2) is 16.1 Å². The molecule has 4 heteroatoms. The van der Waals surface area contributed by atoms with Crippen molar-refractivity contribution in [1.29, 1.82) is 0 Å². The number of pyridine rings is 1. The summed E-state index contributed by atoms with van der Waals surface area (Å²) in [4.78, 5) is 14.5. The van der Waals surface area contributed by atoms with E-state index in [4.69, 9.17) is 5.11 Å². The summed E-state index contributed by atoms with van der Waals surface area (Å²) < 4.78 is 0.667. The first kappa shape index (κ1) is 8.45. The SMILES string of the molecule is Cc1cc(C(=O)O)c(I)cn1. The number of aromatic nitrogens is 1. The lowest BCUT2D eigenvalue weighted by Gasteiger charge is -1.98. The molecule has 3 nitrogen and oxygen atoms in total. The lowest BCUT2D eigenvalue weighted by Crippen LogP contribution is -2.00. The third kappa shape index (κ3) is 1.89. The Morgan fingerprint density at radius 2 is 2.36 bits per heavy atom. The molecule has 1 heterocycles. The number of rotatable bonds is 1. The van der Waals surface area contributed by atoms with Crippen LogP contribution in [0.4, 0.5) is 0 Å². The van der Waals surface area contributed by atoms with Crippen molar-refractivity contribution in [2.75, 3.05) is 0 Å². The number of aromatic carboxylic acids is 1. The average molecular weight is 263 g/mol. The maximum absolute atomic E-state index is 10.5. The van der Waals surface area contributed by atoms with Gasteiger partial charge in [0.25, 0.3) is 0 Å². The molecule has 11 heavy (non-hydrogen) atoms. The molecule has 0 bridgehead atoms. The van der Waals surface area contributed by atoms with Crippen molar-refractivity contribution in [1.82, 2.24) is 4.98 Å². The monoisotopic (exact) mass is 263 g/mol. The lowest BCUT2D eigenvalue weighted by atomic mass is 10.2. The zero-order valence-electron chi connectivity index (χ0n) is 5.84. The zero-order chi connectivity index (χ0) is 8.43. The van der Waals surface area contributed by atoms with E-state index < -0.39 is 5.97 Å². The van der Waals surface area contributed by atoms with E-state index in [-0.39, 0.29) is 0 Å². The van der Waals surface area contributed by atoms with Crippen LogP contribution >= 0.6 is 22.6 Å². The van der Waals surface area contributed by atoms with E-state index in [1.807, 2.05) is 22.6 Å². The summed E-state index contributed by atoms with van der Waals surface area (Å²) in [6.45, 7) is 1.77. The molecule has 0 amide bonds. The van der Waals surface area contributed by atoms with Gasteiger partial charge in [0.2, 0.25) is 0 Å². The molecular weight excluding hydrogens is 257 g/mol. The van der Waals surface area contributed by atoms with Crippen LogP contribution in [0.1, 0.15) is 16.1 Å². The molecule has 1 N–H and O–H groups in total. The number of halogens is 1. The van der Waals surface area contributed by atoms with Gasteiger partial charge >= 0.3 is 5.97 Å². The van der Waals surface area contributed by atoms with Gasteiger partial charge in [-0.25, -0.2) is 4.79 Å². The summed E-state index contributed by atoms with van der Waals surface area (Å²) in [7, 11) is 0. The van der Waals surface area contributed by atoms with Crippen LogP contribution in [0.3, 0.4) is 0 Å². The van der Waals surface area contributed by atoms with Gasteiger partial charge in [-0.1, -0.05) is 0 Å². The van der Waals surface area contributed by atoms with Gasteiger partial charge in [0.05, 0.1) is 5.56 Å². The van der Waals surface area contributed by atoms with E-state index in [2.05, 4.69) is 4.98 Å². The van der Waals surface area contributed by atoms with Gasteiger partial charge in [-0.3, -0.25) is 4.98 Å². The number of aryl methyl sites for hydroxylation is 1. The molecule has 0 aliphatic rings. The van der Waals surface area contributed by atoms with Crippen LogP contribution in [0.5, 0.6) is 0 Å². The maximum atomic E-state index is 10.5. The highest BCUT2D eigenvalue weighted by molar-refractivity contribution is 14.1. The molecular formula is C7H6INO2. The Labute approximate surface area is 77.6 Å². The Bertz CT molecular complexity index is 298. The van der Waals surface area contributed by atoms with Gasteiger partial charge in [-0.2, -0.15) is 0 Å². The molecule has 0 unspecified atom stereocenters. The van der Waals surface area contributed by atoms with Gasteiger partial charge in [-0.05, 0) is 35.6 Å². The van der Waals surface area contributed by atoms with E-state index in [1.165, 1.54) is 0 Å². The van der Waals surface area contributed by atoms with E-state index in [9.17, 15) is 4.79 Å². The summed E-state index contributed by atoms with van der Waals surface area (Å²) in [6, 6.07) is 1.56. The molecule has 0 aromatic carbocycles. The molecule has 0 fully saturated rings. The molecule has 0 spiro atoms. The number of hydrogen-bond donors (Lipinski definition) is 1. The average Bonchev–Trinajstić information content (AvgIpc) is 1.94. The quantitative estimate of drug-likeness (QED) is 0.784. The van der Waals surface area contributed by atoms with Crippen LogP contribution in [0.2, 0.25) is 0 Å². The summed E-state index contributed by atoms with van der Waals surface area (Å²) >= 11 is 1.95. The third-order valence-corrected chi connectivity index (χ3v) is 2.08. The molecule has 0 aliphatic carbocycles. The maximum Gasteiger partial charge on any atom is 0.336 e. The summed E-state index contributed by atoms with van der Waals surface area (Å²) in [5.74, 6) is -0.903. The highest BCUT2D eigenvalue weighted by Gasteiger charge is 2.07. The van der Waals surface area contributed by atoms with E-state index >= 15 is 0 Å². The highest BCUT2D eigenvalue weighted by Crippen LogP contribution is 2.11. The molecule has 0 saturated carbocycles. The van der Waals surface area contributed by atoms with Gasteiger partial charge in [0, 0.05) is 15.5 Å². The Balaban J connectivity index is 3.23. The zero-order valence-corrected chi connectivity index (χ0v) is 7.99. The van der Waals surface area contributed by atoms with Crippen LogP contribution < -0.4 is 0 Å². The minimum absolute atomic E-state index is 0.318. The largest absolute Gasteiger partial charge is 0.478 e. The van der Waals surface area contributed by atoms with Crippen molar-refractivity contribution in [3.63, 3.8) is 0 Å². The Kier molecular flexibility index (Phi) is 2.43. The van der Waals surface area contributed by atoms with Gasteiger partial charge in [0.1, 0.15) is 0 Å². The minimum atomic E-state index is -0.903. The summed E-state index contributed by atoms with van der Waals surface area (Å²) in [5, 5.41) is 8.66. The number of carbonyl (C=O) groups is 1. The van der Waals surface area contributed by atoms with Gasteiger partial charge < -0.3 is 5.11 Å². The molecule has 1 rings (SSSR count). The second-order valence-electron chi connectivity index (χ2n) is 2.11. The lowest BCUT2D eigenvalue weighted by molar-refractivity contribution is 0.0695. The van der Waals surface area contributed by atoms with Crippen LogP contribution in [0, 0.1) is 10.5 Å². The number of carboxylic acid groups (broad SMARTS) is 1. The Morgan fingerprint density at radius 3 is 2.82 bits per heavy atom. The predicted molar refractivity (Wildman–Crippen MR) is 48.7 cm³/mol. The van der Waals surface area contributed by atoms with Crippen molar-refractivity contribution in [3.8, 4) is 0 Å². The topological polar surface area (TPSA) is 50.2 Å². The minimum Gasteiger partial charge on any atom is -0.478 e. The van der Waals surface area contributed by atoms with Crippen LogP contribution in [0.25, 0.3) is 0 Å². The van der Waals surface area contributed by atoms with Crippen LogP contribution in [-0.2, 0) is 0 Å². The first-order valence-electron chi connectivity index (χ1n) is 2.96.